The Bertz CT molecular complexity index is 434. The monoisotopic (exact) mass is 262 g/mol. The van der Waals surface area contributed by atoms with Crippen molar-refractivity contribution in [1.29, 1.82) is 0 Å². The standard InChI is InChI=1S/C15H22N2O2/c1-3-19-14(18)17-10-8-15(2,9-11-17)12-4-6-13(16)7-5-12/h4-7H,3,8-11,16H2,1-2H3. The lowest BCUT2D eigenvalue weighted by atomic mass is 9.74. The zero-order valence-electron chi connectivity index (χ0n) is 11.7. The van der Waals surface area contributed by atoms with E-state index in [1.54, 1.807) is 4.90 Å². The predicted octanol–water partition coefficient (Wildman–Crippen LogP) is 2.78. The minimum Gasteiger partial charge on any atom is -0.450 e. The Morgan fingerprint density at radius 2 is 1.89 bits per heavy atom. The number of rotatable bonds is 2. The van der Waals surface area contributed by atoms with Crippen LogP contribution in [-0.4, -0.2) is 30.7 Å². The fraction of sp³-hybridized carbons (Fsp3) is 0.533. The summed E-state index contributed by atoms with van der Waals surface area (Å²) >= 11 is 0. The maximum atomic E-state index is 11.7. The third-order valence-corrected chi connectivity index (χ3v) is 4.00. The van der Waals surface area contributed by atoms with E-state index < -0.39 is 0 Å². The van der Waals surface area contributed by atoms with E-state index >= 15 is 0 Å². The van der Waals surface area contributed by atoms with Crippen LogP contribution in [0.2, 0.25) is 0 Å². The molecular weight excluding hydrogens is 240 g/mol. The van der Waals surface area contributed by atoms with E-state index in [9.17, 15) is 4.79 Å². The van der Waals surface area contributed by atoms with Gasteiger partial charge in [-0.25, -0.2) is 4.79 Å². The second kappa shape index (κ2) is 5.51. The molecule has 1 aromatic rings. The zero-order valence-corrected chi connectivity index (χ0v) is 11.7. The number of hydrogen-bond acceptors (Lipinski definition) is 3. The number of carbonyl (C=O) groups excluding carboxylic acids is 1. The van der Waals surface area contributed by atoms with Crippen molar-refractivity contribution in [3.63, 3.8) is 0 Å². The minimum absolute atomic E-state index is 0.122. The first-order chi connectivity index (χ1) is 9.05. The number of benzene rings is 1. The highest BCUT2D eigenvalue weighted by atomic mass is 16.6. The van der Waals surface area contributed by atoms with Crippen molar-refractivity contribution >= 4 is 11.8 Å². The summed E-state index contributed by atoms with van der Waals surface area (Å²) in [5, 5.41) is 0. The number of ether oxygens (including phenoxy) is 1. The van der Waals surface area contributed by atoms with Crippen LogP contribution in [0.15, 0.2) is 24.3 Å². The summed E-state index contributed by atoms with van der Waals surface area (Å²) in [4.78, 5) is 13.5. The highest BCUT2D eigenvalue weighted by Gasteiger charge is 2.33. The highest BCUT2D eigenvalue weighted by Crippen LogP contribution is 2.35. The summed E-state index contributed by atoms with van der Waals surface area (Å²) in [6.07, 6.45) is 1.72. The molecule has 4 nitrogen and oxygen atoms in total. The van der Waals surface area contributed by atoms with Crippen molar-refractivity contribution in [3.8, 4) is 0 Å². The summed E-state index contributed by atoms with van der Waals surface area (Å²) < 4.78 is 5.04. The van der Waals surface area contributed by atoms with Crippen LogP contribution in [0, 0.1) is 0 Å². The molecule has 2 rings (SSSR count). The fourth-order valence-corrected chi connectivity index (χ4v) is 2.57. The molecule has 1 amide bonds. The molecule has 0 aliphatic carbocycles. The first-order valence-electron chi connectivity index (χ1n) is 6.83. The lowest BCUT2D eigenvalue weighted by Gasteiger charge is -2.39. The Kier molecular flexibility index (Phi) is 3.98. The summed E-state index contributed by atoms with van der Waals surface area (Å²) in [6, 6.07) is 8.07. The van der Waals surface area contributed by atoms with E-state index in [1.807, 2.05) is 19.1 Å². The number of likely N-dealkylation sites (tertiary alicyclic amines) is 1. The van der Waals surface area contributed by atoms with Crippen LogP contribution in [0.4, 0.5) is 10.5 Å². The Hall–Kier alpha value is -1.71. The second-order valence-electron chi connectivity index (χ2n) is 5.37. The van der Waals surface area contributed by atoms with Gasteiger partial charge in [-0.2, -0.15) is 0 Å². The van der Waals surface area contributed by atoms with Gasteiger partial charge in [0.2, 0.25) is 0 Å². The number of carbonyl (C=O) groups is 1. The number of anilines is 1. The van der Waals surface area contributed by atoms with Gasteiger partial charge in [-0.15, -0.1) is 0 Å². The van der Waals surface area contributed by atoms with Crippen molar-refractivity contribution in [2.45, 2.75) is 32.1 Å². The van der Waals surface area contributed by atoms with E-state index in [0.717, 1.165) is 31.6 Å². The van der Waals surface area contributed by atoms with Gasteiger partial charge in [0.05, 0.1) is 6.61 Å². The molecule has 19 heavy (non-hydrogen) atoms. The van der Waals surface area contributed by atoms with Crippen LogP contribution in [0.3, 0.4) is 0 Å². The second-order valence-corrected chi connectivity index (χ2v) is 5.37. The molecule has 1 saturated heterocycles. The number of nitrogens with two attached hydrogens (primary N) is 1. The van der Waals surface area contributed by atoms with Crippen molar-refractivity contribution in [2.24, 2.45) is 0 Å². The van der Waals surface area contributed by atoms with Gasteiger partial charge < -0.3 is 15.4 Å². The molecule has 104 valence electrons. The van der Waals surface area contributed by atoms with Gasteiger partial charge in [0.1, 0.15) is 0 Å². The summed E-state index contributed by atoms with van der Waals surface area (Å²) in [6.45, 7) is 6.02. The first kappa shape index (κ1) is 13.7. The molecule has 1 fully saturated rings. The van der Waals surface area contributed by atoms with Gasteiger partial charge in [-0.05, 0) is 42.9 Å². The lowest BCUT2D eigenvalue weighted by Crippen LogP contribution is -2.44. The van der Waals surface area contributed by atoms with Gasteiger partial charge in [0.15, 0.2) is 0 Å². The summed E-state index contributed by atoms with van der Waals surface area (Å²) in [5.74, 6) is 0. The Morgan fingerprint density at radius 1 is 1.32 bits per heavy atom. The molecule has 0 radical (unpaired) electrons. The quantitative estimate of drug-likeness (QED) is 0.834. The highest BCUT2D eigenvalue weighted by molar-refractivity contribution is 5.67. The molecule has 2 N–H and O–H groups in total. The van der Waals surface area contributed by atoms with Crippen LogP contribution in [0.5, 0.6) is 0 Å². The van der Waals surface area contributed by atoms with Gasteiger partial charge in [-0.3, -0.25) is 0 Å². The molecule has 0 atom stereocenters. The molecule has 0 aromatic heterocycles. The molecule has 1 aliphatic heterocycles. The van der Waals surface area contributed by atoms with Gasteiger partial charge >= 0.3 is 6.09 Å². The molecule has 4 heteroatoms. The summed E-state index contributed by atoms with van der Waals surface area (Å²) in [5.41, 5.74) is 7.93. The fourth-order valence-electron chi connectivity index (χ4n) is 2.57. The van der Waals surface area contributed by atoms with E-state index in [-0.39, 0.29) is 11.5 Å². The van der Waals surface area contributed by atoms with E-state index in [2.05, 4.69) is 19.1 Å². The van der Waals surface area contributed by atoms with Crippen molar-refractivity contribution < 1.29 is 9.53 Å². The largest absolute Gasteiger partial charge is 0.450 e. The first-order valence-corrected chi connectivity index (χ1v) is 6.83. The number of piperidine rings is 1. The maximum Gasteiger partial charge on any atom is 0.409 e. The smallest absolute Gasteiger partial charge is 0.409 e. The molecule has 0 saturated carbocycles. The third kappa shape index (κ3) is 3.00. The molecule has 1 aliphatic rings. The number of nitrogens with zero attached hydrogens (tertiary/aromatic N) is 1. The van der Waals surface area contributed by atoms with Gasteiger partial charge in [0.25, 0.3) is 0 Å². The average molecular weight is 262 g/mol. The summed E-state index contributed by atoms with van der Waals surface area (Å²) in [7, 11) is 0. The lowest BCUT2D eigenvalue weighted by molar-refractivity contribution is 0.0885. The Balaban J connectivity index is 2.01. The third-order valence-electron chi connectivity index (χ3n) is 4.00. The maximum absolute atomic E-state index is 11.7. The van der Waals surface area contributed by atoms with Crippen molar-refractivity contribution in [1.82, 2.24) is 4.90 Å². The van der Waals surface area contributed by atoms with E-state index in [1.165, 1.54) is 5.56 Å². The molecule has 0 unspecified atom stereocenters. The van der Waals surface area contributed by atoms with E-state index in [0.29, 0.717) is 6.61 Å². The van der Waals surface area contributed by atoms with Crippen LogP contribution < -0.4 is 5.73 Å². The zero-order chi connectivity index (χ0) is 13.9. The van der Waals surface area contributed by atoms with Crippen LogP contribution >= 0.6 is 0 Å². The van der Waals surface area contributed by atoms with E-state index in [4.69, 9.17) is 10.5 Å². The van der Waals surface area contributed by atoms with Gasteiger partial charge in [-0.1, -0.05) is 19.1 Å². The van der Waals surface area contributed by atoms with Crippen molar-refractivity contribution in [2.75, 3.05) is 25.4 Å². The normalized spacial score (nSPS) is 18.1. The number of hydrogen-bond donors (Lipinski definition) is 1. The van der Waals surface area contributed by atoms with Crippen molar-refractivity contribution in [3.05, 3.63) is 29.8 Å². The number of nitrogen functional groups attached to an aromatic ring is 1. The number of amides is 1. The molecule has 0 bridgehead atoms. The SMILES string of the molecule is CCOC(=O)N1CCC(C)(c2ccc(N)cc2)CC1. The van der Waals surface area contributed by atoms with Gasteiger partial charge in [0, 0.05) is 18.8 Å². The topological polar surface area (TPSA) is 55.6 Å². The molecular formula is C15H22N2O2. The minimum atomic E-state index is -0.193. The van der Waals surface area contributed by atoms with Crippen LogP contribution in [0.1, 0.15) is 32.3 Å². The molecule has 0 spiro atoms. The predicted molar refractivity (Wildman–Crippen MR) is 76.0 cm³/mol. The molecule has 1 aromatic carbocycles. The van der Waals surface area contributed by atoms with Crippen LogP contribution in [-0.2, 0) is 10.2 Å². The molecule has 1 heterocycles. The Morgan fingerprint density at radius 3 is 2.42 bits per heavy atom. The van der Waals surface area contributed by atoms with Crippen LogP contribution in [0.25, 0.3) is 0 Å². The Labute approximate surface area is 114 Å². The average Bonchev–Trinajstić information content (AvgIpc) is 2.40.